The van der Waals surface area contributed by atoms with Crippen LogP contribution in [0.15, 0.2) is 0 Å². The molecule has 0 amide bonds. The minimum absolute atomic E-state index is 0.100. The molecule has 1 unspecified atom stereocenters. The van der Waals surface area contributed by atoms with Gasteiger partial charge in [0.05, 0.1) is 12.7 Å². The molecule has 0 bridgehead atoms. The topological polar surface area (TPSA) is 104 Å². The van der Waals surface area contributed by atoms with E-state index in [0.29, 0.717) is 12.7 Å². The van der Waals surface area contributed by atoms with Crippen molar-refractivity contribution in [1.29, 1.82) is 0 Å². The summed E-state index contributed by atoms with van der Waals surface area (Å²) in [5, 5.41) is 10.4. The lowest BCUT2D eigenvalue weighted by Crippen LogP contribution is -2.14. The Kier molecular flexibility index (Phi) is 17.8. The van der Waals surface area contributed by atoms with Crippen LogP contribution >= 0.6 is 0 Å². The highest BCUT2D eigenvalue weighted by atomic mass is 32.3. The van der Waals surface area contributed by atoms with Crippen molar-refractivity contribution in [2.24, 2.45) is 0 Å². The number of rotatable bonds is 12. The summed E-state index contributed by atoms with van der Waals surface area (Å²) in [6.45, 7) is 4.71. The lowest BCUT2D eigenvalue weighted by molar-refractivity contribution is 0.00301. The first-order chi connectivity index (χ1) is 9.85. The second kappa shape index (κ2) is 16.2. The summed E-state index contributed by atoms with van der Waals surface area (Å²) in [4.78, 5) is 0. The van der Waals surface area contributed by atoms with Gasteiger partial charge in [-0.2, -0.15) is 8.42 Å². The maximum absolute atomic E-state index is 10.4. The molecule has 0 saturated heterocycles. The van der Waals surface area contributed by atoms with Gasteiger partial charge in [-0.15, -0.1) is 0 Å². The van der Waals surface area contributed by atoms with Crippen molar-refractivity contribution in [2.45, 2.75) is 77.7 Å². The van der Waals surface area contributed by atoms with E-state index in [1.54, 1.807) is 0 Å². The van der Waals surface area contributed by atoms with E-state index in [-0.39, 0.29) is 6.61 Å². The van der Waals surface area contributed by atoms with Gasteiger partial charge in [0.1, 0.15) is 6.61 Å². The summed E-state index contributed by atoms with van der Waals surface area (Å²) in [6.07, 6.45) is 11.7. The summed E-state index contributed by atoms with van der Waals surface area (Å²) in [5.41, 5.74) is 0. The van der Waals surface area contributed by atoms with Gasteiger partial charge in [0.25, 0.3) is 0 Å². The van der Waals surface area contributed by atoms with E-state index in [4.69, 9.17) is 22.3 Å². The third-order valence-corrected chi connectivity index (χ3v) is 2.93. The number of ether oxygens (including phenoxy) is 1. The molecule has 2 N–H and O–H groups in total. The van der Waals surface area contributed by atoms with Gasteiger partial charge in [0.15, 0.2) is 0 Å². The summed E-state index contributed by atoms with van der Waals surface area (Å²) in [5.74, 6) is 0. The first-order valence-electron chi connectivity index (χ1n) is 7.74. The van der Waals surface area contributed by atoms with E-state index in [1.165, 1.54) is 38.5 Å². The Labute approximate surface area is 129 Å². The second-order valence-electron chi connectivity index (χ2n) is 4.99. The Morgan fingerprint density at radius 2 is 1.43 bits per heavy atom. The average Bonchev–Trinajstić information content (AvgIpc) is 2.38. The van der Waals surface area contributed by atoms with Crippen molar-refractivity contribution in [2.75, 3.05) is 13.2 Å². The Hall–Kier alpha value is -0.210. The third kappa shape index (κ3) is 28.6. The van der Waals surface area contributed by atoms with Crippen LogP contribution < -0.4 is 0 Å². The molecule has 1 atom stereocenters. The third-order valence-electron chi connectivity index (χ3n) is 2.93. The maximum atomic E-state index is 10.4. The van der Waals surface area contributed by atoms with Crippen LogP contribution in [-0.4, -0.2) is 36.8 Å². The molecule has 0 heterocycles. The second-order valence-corrected chi connectivity index (χ2v) is 5.89. The number of unbranched alkanes of at least 4 members (excludes halogenated alkanes) is 5. The van der Waals surface area contributed by atoms with Crippen LogP contribution in [0.3, 0.4) is 0 Å². The van der Waals surface area contributed by atoms with Crippen LogP contribution in [0.1, 0.15) is 71.6 Å². The SMILES string of the molecule is CCCCCCCCC(CCC)OCC[O].O=S(=O)(O)O. The quantitative estimate of drug-likeness (QED) is 0.420. The van der Waals surface area contributed by atoms with Crippen LogP contribution in [0.5, 0.6) is 0 Å². The fourth-order valence-corrected chi connectivity index (χ4v) is 2.00. The van der Waals surface area contributed by atoms with E-state index in [1.807, 2.05) is 0 Å². The van der Waals surface area contributed by atoms with Gasteiger partial charge in [-0.1, -0.05) is 58.8 Å². The molecule has 129 valence electrons. The predicted octanol–water partition coefficient (Wildman–Crippen LogP) is 3.70. The molecule has 0 aliphatic carbocycles. The minimum atomic E-state index is -4.67. The van der Waals surface area contributed by atoms with Crippen molar-refractivity contribution in [3.8, 4) is 0 Å². The molecule has 7 heteroatoms. The molecule has 21 heavy (non-hydrogen) atoms. The smallest absolute Gasteiger partial charge is 0.376 e. The summed E-state index contributed by atoms with van der Waals surface area (Å²) < 4.78 is 37.1. The highest BCUT2D eigenvalue weighted by Crippen LogP contribution is 2.13. The fraction of sp³-hybridized carbons (Fsp3) is 1.00. The molecule has 6 nitrogen and oxygen atoms in total. The van der Waals surface area contributed by atoms with Crippen LogP contribution in [-0.2, 0) is 20.2 Å². The minimum Gasteiger partial charge on any atom is -0.376 e. The Morgan fingerprint density at radius 1 is 0.905 bits per heavy atom. The van der Waals surface area contributed by atoms with Gasteiger partial charge in [0, 0.05) is 0 Å². The molecule has 0 fully saturated rings. The maximum Gasteiger partial charge on any atom is 0.394 e. The van der Waals surface area contributed by atoms with E-state index in [0.717, 1.165) is 19.3 Å². The fourth-order valence-electron chi connectivity index (χ4n) is 2.00. The summed E-state index contributed by atoms with van der Waals surface area (Å²) in [6, 6.07) is 0. The average molecular weight is 327 g/mol. The van der Waals surface area contributed by atoms with Gasteiger partial charge in [-0.25, -0.2) is 5.11 Å². The number of hydrogen-bond acceptors (Lipinski definition) is 3. The van der Waals surface area contributed by atoms with Gasteiger partial charge in [-0.05, 0) is 12.8 Å². The Morgan fingerprint density at radius 3 is 1.90 bits per heavy atom. The standard InChI is InChI=1S/C14H29O2.H2O4S/c1-3-5-6-7-8-9-11-14(10-4-2)16-13-12-15;1-5(2,3)4/h14H,3-13H2,1-2H3;(H2,1,2,3,4). The Balaban J connectivity index is 0. The molecule has 0 aliphatic heterocycles. The zero-order valence-corrected chi connectivity index (χ0v) is 14.1. The zero-order valence-electron chi connectivity index (χ0n) is 13.3. The van der Waals surface area contributed by atoms with Crippen molar-refractivity contribution in [3.63, 3.8) is 0 Å². The van der Waals surface area contributed by atoms with E-state index in [2.05, 4.69) is 13.8 Å². The van der Waals surface area contributed by atoms with E-state index in [9.17, 15) is 5.11 Å². The highest BCUT2D eigenvalue weighted by molar-refractivity contribution is 7.79. The van der Waals surface area contributed by atoms with Crippen LogP contribution in [0, 0.1) is 0 Å². The summed E-state index contributed by atoms with van der Waals surface area (Å²) in [7, 11) is -4.67. The first kappa shape index (κ1) is 23.1. The van der Waals surface area contributed by atoms with Crippen molar-refractivity contribution < 1.29 is 27.4 Å². The zero-order chi connectivity index (χ0) is 16.6. The van der Waals surface area contributed by atoms with Gasteiger partial charge < -0.3 is 4.74 Å². The Bertz CT molecular complexity index is 284. The van der Waals surface area contributed by atoms with Gasteiger partial charge in [-0.3, -0.25) is 9.11 Å². The van der Waals surface area contributed by atoms with Crippen molar-refractivity contribution >= 4 is 10.4 Å². The molecule has 0 aromatic carbocycles. The van der Waals surface area contributed by atoms with Gasteiger partial charge >= 0.3 is 10.4 Å². The monoisotopic (exact) mass is 327 g/mol. The molecule has 0 aliphatic rings. The molecule has 0 rings (SSSR count). The molecular weight excluding hydrogens is 296 g/mol. The lowest BCUT2D eigenvalue weighted by atomic mass is 10.0. The van der Waals surface area contributed by atoms with Crippen LogP contribution in [0.25, 0.3) is 0 Å². The molecule has 0 saturated carbocycles. The predicted molar refractivity (Wildman–Crippen MR) is 82.4 cm³/mol. The highest BCUT2D eigenvalue weighted by Gasteiger charge is 2.07. The number of hydrogen-bond donors (Lipinski definition) is 2. The molecule has 0 aromatic heterocycles. The van der Waals surface area contributed by atoms with Gasteiger partial charge in [0.2, 0.25) is 0 Å². The molecular formula is C14H31O6S. The molecule has 0 aromatic rings. The van der Waals surface area contributed by atoms with Crippen molar-refractivity contribution in [1.82, 2.24) is 0 Å². The van der Waals surface area contributed by atoms with Crippen LogP contribution in [0.4, 0.5) is 0 Å². The normalized spacial score (nSPS) is 12.6. The molecule has 1 radical (unpaired) electrons. The van der Waals surface area contributed by atoms with Crippen molar-refractivity contribution in [3.05, 3.63) is 0 Å². The lowest BCUT2D eigenvalue weighted by Gasteiger charge is -2.16. The van der Waals surface area contributed by atoms with Crippen LogP contribution in [0.2, 0.25) is 0 Å². The largest absolute Gasteiger partial charge is 0.394 e. The molecule has 0 spiro atoms. The van der Waals surface area contributed by atoms with E-state index < -0.39 is 10.4 Å². The first-order valence-corrected chi connectivity index (χ1v) is 9.14. The van der Waals surface area contributed by atoms with E-state index >= 15 is 0 Å². The summed E-state index contributed by atoms with van der Waals surface area (Å²) >= 11 is 0.